The number of aliphatic hydroxyl groups is 1. The van der Waals surface area contributed by atoms with Crippen molar-refractivity contribution in [3.05, 3.63) is 64.7 Å². The Bertz CT molecular complexity index is 575. The van der Waals surface area contributed by atoms with Crippen LogP contribution in [0.3, 0.4) is 0 Å². The van der Waals surface area contributed by atoms with E-state index in [1.807, 2.05) is 48.5 Å². The van der Waals surface area contributed by atoms with Gasteiger partial charge in [0.25, 0.3) is 0 Å². The van der Waals surface area contributed by atoms with Gasteiger partial charge in [-0.05, 0) is 23.8 Å². The maximum absolute atomic E-state index is 8.59. The molecule has 2 rings (SSSR count). The number of nitrogens with one attached hydrogen (secondary N) is 1. The molecule has 0 radical (unpaired) electrons. The highest BCUT2D eigenvalue weighted by atomic mass is 35.5. The molecular formula is C18H22ClNO3. The van der Waals surface area contributed by atoms with Crippen molar-refractivity contribution in [3.63, 3.8) is 0 Å². The number of halogens is 1. The van der Waals surface area contributed by atoms with Gasteiger partial charge in [0.2, 0.25) is 0 Å². The van der Waals surface area contributed by atoms with Crippen LogP contribution < -0.4 is 10.1 Å². The second-order valence-corrected chi connectivity index (χ2v) is 5.44. The highest BCUT2D eigenvalue weighted by Gasteiger charge is 2.01. The topological polar surface area (TPSA) is 50.7 Å². The van der Waals surface area contributed by atoms with Gasteiger partial charge in [-0.3, -0.25) is 0 Å². The molecule has 5 heteroatoms. The van der Waals surface area contributed by atoms with E-state index in [0.717, 1.165) is 29.4 Å². The van der Waals surface area contributed by atoms with Crippen LogP contribution in [0.4, 0.5) is 0 Å². The molecule has 0 atom stereocenters. The number of ether oxygens (including phenoxy) is 2. The van der Waals surface area contributed by atoms with Crippen LogP contribution in [0.15, 0.2) is 48.5 Å². The maximum Gasteiger partial charge on any atom is 0.119 e. The van der Waals surface area contributed by atoms with E-state index in [1.165, 1.54) is 5.56 Å². The summed E-state index contributed by atoms with van der Waals surface area (Å²) in [6.45, 7) is 3.03. The molecule has 23 heavy (non-hydrogen) atoms. The molecule has 0 aliphatic heterocycles. The van der Waals surface area contributed by atoms with E-state index in [0.29, 0.717) is 19.8 Å². The van der Waals surface area contributed by atoms with Gasteiger partial charge in [-0.2, -0.15) is 0 Å². The van der Waals surface area contributed by atoms with E-state index in [9.17, 15) is 0 Å². The van der Waals surface area contributed by atoms with Crippen LogP contribution >= 0.6 is 11.6 Å². The van der Waals surface area contributed by atoms with E-state index in [4.69, 9.17) is 26.2 Å². The van der Waals surface area contributed by atoms with Crippen molar-refractivity contribution >= 4 is 11.6 Å². The Kier molecular flexibility index (Phi) is 7.90. The first-order chi connectivity index (χ1) is 11.3. The molecule has 0 spiro atoms. The zero-order valence-corrected chi connectivity index (χ0v) is 13.8. The minimum atomic E-state index is 0.0651. The lowest BCUT2D eigenvalue weighted by Crippen LogP contribution is -2.19. The number of benzene rings is 2. The fraction of sp³-hybridized carbons (Fsp3) is 0.333. The predicted octanol–water partition coefficient (Wildman–Crippen LogP) is 3.02. The van der Waals surface area contributed by atoms with E-state index in [-0.39, 0.29) is 6.61 Å². The molecule has 0 fully saturated rings. The molecule has 124 valence electrons. The quantitative estimate of drug-likeness (QED) is 0.655. The lowest BCUT2D eigenvalue weighted by Gasteiger charge is -2.09. The Morgan fingerprint density at radius 3 is 2.52 bits per heavy atom. The Hall–Kier alpha value is -1.59. The number of hydrogen-bond acceptors (Lipinski definition) is 4. The van der Waals surface area contributed by atoms with Crippen molar-refractivity contribution in [1.82, 2.24) is 5.32 Å². The fourth-order valence-corrected chi connectivity index (χ4v) is 2.21. The highest BCUT2D eigenvalue weighted by Crippen LogP contribution is 2.18. The summed E-state index contributed by atoms with van der Waals surface area (Å²) in [6.07, 6.45) is 0. The summed E-state index contributed by atoms with van der Waals surface area (Å²) in [5.74, 6) is 0.819. The van der Waals surface area contributed by atoms with Gasteiger partial charge in [0, 0.05) is 23.7 Å². The Balaban J connectivity index is 1.71. The fourth-order valence-electron chi connectivity index (χ4n) is 2.02. The van der Waals surface area contributed by atoms with Crippen LogP contribution in [0.2, 0.25) is 5.02 Å². The van der Waals surface area contributed by atoms with Gasteiger partial charge >= 0.3 is 0 Å². The van der Waals surface area contributed by atoms with Gasteiger partial charge in [-0.25, -0.2) is 0 Å². The molecular weight excluding hydrogens is 314 g/mol. The van der Waals surface area contributed by atoms with Crippen LogP contribution in [-0.4, -0.2) is 31.5 Å². The third-order valence-electron chi connectivity index (χ3n) is 3.26. The molecule has 2 aromatic rings. The molecule has 0 amide bonds. The number of hydrogen-bond donors (Lipinski definition) is 2. The lowest BCUT2D eigenvalue weighted by atomic mass is 10.2. The summed E-state index contributed by atoms with van der Waals surface area (Å²) in [5.41, 5.74) is 2.15. The Labute approximate surface area is 142 Å². The maximum atomic E-state index is 8.59. The van der Waals surface area contributed by atoms with Gasteiger partial charge in [0.15, 0.2) is 0 Å². The van der Waals surface area contributed by atoms with Crippen molar-refractivity contribution in [2.45, 2.75) is 13.2 Å². The third-order valence-corrected chi connectivity index (χ3v) is 3.63. The smallest absolute Gasteiger partial charge is 0.119 e. The largest absolute Gasteiger partial charge is 0.489 e. The summed E-state index contributed by atoms with van der Waals surface area (Å²) in [4.78, 5) is 0. The van der Waals surface area contributed by atoms with Gasteiger partial charge in [0.1, 0.15) is 12.4 Å². The van der Waals surface area contributed by atoms with Crippen molar-refractivity contribution in [1.29, 1.82) is 0 Å². The predicted molar refractivity (Wildman–Crippen MR) is 91.8 cm³/mol. The number of aliphatic hydroxyl groups excluding tert-OH is 1. The molecule has 0 unspecified atom stereocenters. The molecule has 0 aliphatic rings. The van der Waals surface area contributed by atoms with Crippen LogP contribution in [0.25, 0.3) is 0 Å². The second kappa shape index (κ2) is 10.2. The molecule has 0 saturated heterocycles. The first kappa shape index (κ1) is 17.8. The molecule has 2 aromatic carbocycles. The summed E-state index contributed by atoms with van der Waals surface area (Å²) >= 11 is 6.11. The summed E-state index contributed by atoms with van der Waals surface area (Å²) in [5, 5.41) is 12.6. The van der Waals surface area contributed by atoms with E-state index in [1.54, 1.807) is 0 Å². The van der Waals surface area contributed by atoms with Crippen LogP contribution in [0.1, 0.15) is 11.1 Å². The first-order valence-corrected chi connectivity index (χ1v) is 8.02. The summed E-state index contributed by atoms with van der Waals surface area (Å²) in [6, 6.07) is 15.6. The van der Waals surface area contributed by atoms with Gasteiger partial charge in [-0.1, -0.05) is 41.9 Å². The molecule has 0 saturated carbocycles. The highest BCUT2D eigenvalue weighted by molar-refractivity contribution is 6.31. The molecule has 0 aromatic heterocycles. The summed E-state index contributed by atoms with van der Waals surface area (Å²) < 4.78 is 10.9. The average Bonchev–Trinajstić information content (AvgIpc) is 2.58. The summed E-state index contributed by atoms with van der Waals surface area (Å²) in [7, 11) is 0. The molecule has 0 bridgehead atoms. The molecule has 0 heterocycles. The van der Waals surface area contributed by atoms with Crippen LogP contribution in [0.5, 0.6) is 5.75 Å². The van der Waals surface area contributed by atoms with Crippen molar-refractivity contribution < 1.29 is 14.6 Å². The zero-order valence-electron chi connectivity index (χ0n) is 13.0. The third kappa shape index (κ3) is 6.59. The van der Waals surface area contributed by atoms with Gasteiger partial charge in [0.05, 0.1) is 19.8 Å². The van der Waals surface area contributed by atoms with Crippen molar-refractivity contribution in [3.8, 4) is 5.75 Å². The van der Waals surface area contributed by atoms with Crippen LogP contribution in [0, 0.1) is 0 Å². The van der Waals surface area contributed by atoms with Crippen LogP contribution in [-0.2, 0) is 17.9 Å². The molecule has 4 nitrogen and oxygen atoms in total. The monoisotopic (exact) mass is 335 g/mol. The zero-order chi connectivity index (χ0) is 16.3. The lowest BCUT2D eigenvalue weighted by molar-refractivity contribution is 0.0938. The minimum Gasteiger partial charge on any atom is -0.489 e. The molecule has 2 N–H and O–H groups in total. The van der Waals surface area contributed by atoms with E-state index < -0.39 is 0 Å². The minimum absolute atomic E-state index is 0.0651. The Morgan fingerprint density at radius 2 is 1.78 bits per heavy atom. The van der Waals surface area contributed by atoms with Gasteiger partial charge in [-0.15, -0.1) is 0 Å². The van der Waals surface area contributed by atoms with Crippen molar-refractivity contribution in [2.75, 3.05) is 26.4 Å². The Morgan fingerprint density at radius 1 is 1.00 bits per heavy atom. The first-order valence-electron chi connectivity index (χ1n) is 7.64. The number of rotatable bonds is 10. The normalized spacial score (nSPS) is 10.7. The van der Waals surface area contributed by atoms with Gasteiger partial charge < -0.3 is 19.9 Å². The second-order valence-electron chi connectivity index (χ2n) is 5.04. The van der Waals surface area contributed by atoms with E-state index >= 15 is 0 Å². The van der Waals surface area contributed by atoms with Crippen molar-refractivity contribution in [2.24, 2.45) is 0 Å². The standard InChI is InChI=1S/C18H22ClNO3/c19-18-4-2-1-3-16(18)14-23-17-7-5-15(6-8-17)13-20-9-11-22-12-10-21/h1-8,20-21H,9-14H2. The molecule has 0 aliphatic carbocycles. The SMILES string of the molecule is OCCOCCNCc1ccc(OCc2ccccc2Cl)cc1. The van der Waals surface area contributed by atoms with E-state index in [2.05, 4.69) is 5.32 Å². The average molecular weight is 336 g/mol.